The zero-order chi connectivity index (χ0) is 13.0. The molecule has 1 aromatic rings. The van der Waals surface area contributed by atoms with Crippen molar-refractivity contribution in [2.45, 2.75) is 4.90 Å². The Morgan fingerprint density at radius 1 is 1.47 bits per heavy atom. The number of hydrogen-bond acceptors (Lipinski definition) is 3. The Bertz CT molecular complexity index is 448. The Balaban J connectivity index is 2.88. The Hall–Kier alpha value is -0.910. The van der Waals surface area contributed by atoms with Gasteiger partial charge in [0.05, 0.1) is 21.4 Å². The van der Waals surface area contributed by atoms with Gasteiger partial charge in [-0.2, -0.15) is 0 Å². The van der Waals surface area contributed by atoms with Crippen LogP contribution in [0.4, 0.5) is 0 Å². The number of rotatable bonds is 5. The molecule has 1 unspecified atom stereocenters. The highest BCUT2D eigenvalue weighted by Crippen LogP contribution is 2.19. The van der Waals surface area contributed by atoms with Gasteiger partial charge < -0.3 is 10.0 Å². The van der Waals surface area contributed by atoms with Crippen molar-refractivity contribution in [3.8, 4) is 0 Å². The molecule has 1 rings (SSSR count). The molecule has 0 spiro atoms. The average molecular weight is 276 g/mol. The molecule has 0 aromatic heterocycles. The third-order valence-corrected chi connectivity index (χ3v) is 3.82. The van der Waals surface area contributed by atoms with Gasteiger partial charge in [-0.15, -0.1) is 0 Å². The highest BCUT2D eigenvalue weighted by molar-refractivity contribution is 7.85. The molecule has 0 aliphatic heterocycles. The number of halogens is 1. The molecule has 6 heteroatoms. The van der Waals surface area contributed by atoms with Crippen LogP contribution in [0.15, 0.2) is 23.1 Å². The summed E-state index contributed by atoms with van der Waals surface area (Å²) in [6.07, 6.45) is 0. The van der Waals surface area contributed by atoms with E-state index in [0.29, 0.717) is 17.2 Å². The van der Waals surface area contributed by atoms with Gasteiger partial charge in [0.25, 0.3) is 0 Å². The van der Waals surface area contributed by atoms with Gasteiger partial charge >= 0.3 is 5.97 Å². The molecule has 0 heterocycles. The summed E-state index contributed by atoms with van der Waals surface area (Å²) in [5, 5.41) is 9.06. The molecule has 0 fully saturated rings. The van der Waals surface area contributed by atoms with Crippen molar-refractivity contribution in [1.82, 2.24) is 4.90 Å². The Kier molecular flexibility index (Phi) is 5.11. The molecule has 0 amide bonds. The van der Waals surface area contributed by atoms with E-state index < -0.39 is 16.8 Å². The standard InChI is InChI=1S/C11H14ClNO3S/c1-13(2)5-6-17(16)8-3-4-10(12)9(7-8)11(14)15/h3-4,7H,5-6H2,1-2H3,(H,14,15). The molecule has 0 radical (unpaired) electrons. The maximum absolute atomic E-state index is 11.9. The lowest BCUT2D eigenvalue weighted by Gasteiger charge is -2.09. The lowest BCUT2D eigenvalue weighted by Crippen LogP contribution is -2.19. The van der Waals surface area contributed by atoms with Crippen LogP contribution in [0.2, 0.25) is 5.02 Å². The molecule has 94 valence electrons. The summed E-state index contributed by atoms with van der Waals surface area (Å²) < 4.78 is 11.9. The fourth-order valence-corrected chi connectivity index (χ4v) is 2.63. The van der Waals surface area contributed by atoms with Gasteiger partial charge in [-0.1, -0.05) is 11.6 Å². The van der Waals surface area contributed by atoms with E-state index in [-0.39, 0.29) is 10.6 Å². The van der Waals surface area contributed by atoms with Crippen molar-refractivity contribution in [2.75, 3.05) is 26.4 Å². The number of carboxylic acids is 1. The Morgan fingerprint density at radius 3 is 2.65 bits per heavy atom. The largest absolute Gasteiger partial charge is 0.478 e. The zero-order valence-electron chi connectivity index (χ0n) is 9.64. The van der Waals surface area contributed by atoms with Crippen molar-refractivity contribution < 1.29 is 14.1 Å². The number of benzene rings is 1. The lowest BCUT2D eigenvalue weighted by atomic mass is 10.2. The van der Waals surface area contributed by atoms with E-state index in [4.69, 9.17) is 16.7 Å². The maximum atomic E-state index is 11.9. The lowest BCUT2D eigenvalue weighted by molar-refractivity contribution is 0.0697. The normalized spacial score (nSPS) is 12.7. The molecule has 0 aliphatic carbocycles. The Morgan fingerprint density at radius 2 is 2.12 bits per heavy atom. The summed E-state index contributed by atoms with van der Waals surface area (Å²) in [6.45, 7) is 0.678. The molecule has 1 atom stereocenters. The second-order valence-electron chi connectivity index (χ2n) is 3.80. The summed E-state index contributed by atoms with van der Waals surface area (Å²) in [5.74, 6) is -0.644. The van der Waals surface area contributed by atoms with E-state index in [1.54, 1.807) is 6.07 Å². The van der Waals surface area contributed by atoms with Crippen LogP contribution in [0.3, 0.4) is 0 Å². The number of nitrogens with zero attached hydrogens (tertiary/aromatic N) is 1. The predicted molar refractivity (Wildman–Crippen MR) is 68.2 cm³/mol. The molecular formula is C11H14ClNO3S. The molecule has 1 aromatic carbocycles. The summed E-state index contributed by atoms with van der Waals surface area (Å²) in [4.78, 5) is 13.3. The first kappa shape index (κ1) is 14.2. The van der Waals surface area contributed by atoms with E-state index in [1.807, 2.05) is 19.0 Å². The topological polar surface area (TPSA) is 57.6 Å². The molecular weight excluding hydrogens is 262 g/mol. The number of carboxylic acid groups (broad SMARTS) is 1. The molecule has 0 saturated carbocycles. The second kappa shape index (κ2) is 6.14. The van der Waals surface area contributed by atoms with Gasteiger partial charge in [-0.05, 0) is 32.3 Å². The Labute approximate surface area is 108 Å². The van der Waals surface area contributed by atoms with Gasteiger partial charge in [0.15, 0.2) is 0 Å². The van der Waals surface area contributed by atoms with Gasteiger partial charge in [0, 0.05) is 17.2 Å². The second-order valence-corrected chi connectivity index (χ2v) is 5.78. The van der Waals surface area contributed by atoms with Gasteiger partial charge in [-0.25, -0.2) is 4.79 Å². The third kappa shape index (κ3) is 4.11. The molecule has 0 saturated heterocycles. The van der Waals surface area contributed by atoms with Crippen LogP contribution >= 0.6 is 11.6 Å². The highest BCUT2D eigenvalue weighted by atomic mass is 35.5. The van der Waals surface area contributed by atoms with Crippen LogP contribution < -0.4 is 0 Å². The minimum Gasteiger partial charge on any atom is -0.478 e. The summed E-state index contributed by atoms with van der Waals surface area (Å²) in [7, 11) is 2.58. The molecule has 0 bridgehead atoms. The van der Waals surface area contributed by atoms with E-state index in [2.05, 4.69) is 0 Å². The third-order valence-electron chi connectivity index (χ3n) is 2.16. The minimum atomic E-state index is -1.20. The van der Waals surface area contributed by atoms with Crippen LogP contribution in [0.25, 0.3) is 0 Å². The minimum absolute atomic E-state index is 0.0117. The summed E-state index contributed by atoms with van der Waals surface area (Å²) >= 11 is 5.74. The molecule has 1 N–H and O–H groups in total. The molecule has 17 heavy (non-hydrogen) atoms. The molecule has 0 aliphatic rings. The van der Waals surface area contributed by atoms with Crippen molar-refractivity contribution in [2.24, 2.45) is 0 Å². The SMILES string of the molecule is CN(C)CCS(=O)c1ccc(Cl)c(C(=O)O)c1. The van der Waals surface area contributed by atoms with Crippen molar-refractivity contribution in [1.29, 1.82) is 0 Å². The fraction of sp³-hybridized carbons (Fsp3) is 0.364. The first-order valence-electron chi connectivity index (χ1n) is 4.97. The number of carbonyl (C=O) groups is 1. The summed E-state index contributed by atoms with van der Waals surface area (Å²) in [5.41, 5.74) is -0.0117. The first-order valence-corrected chi connectivity index (χ1v) is 6.67. The predicted octanol–water partition coefficient (Wildman–Crippen LogP) is 1.71. The van der Waals surface area contributed by atoms with Crippen LogP contribution in [0, 0.1) is 0 Å². The zero-order valence-corrected chi connectivity index (χ0v) is 11.2. The maximum Gasteiger partial charge on any atom is 0.337 e. The molecule has 4 nitrogen and oxygen atoms in total. The van der Waals surface area contributed by atoms with Gasteiger partial charge in [0.2, 0.25) is 0 Å². The number of aromatic carboxylic acids is 1. The fourth-order valence-electron chi connectivity index (χ4n) is 1.19. The van der Waals surface area contributed by atoms with Crippen LogP contribution in [0.5, 0.6) is 0 Å². The number of hydrogen-bond donors (Lipinski definition) is 1. The van der Waals surface area contributed by atoms with E-state index in [1.165, 1.54) is 12.1 Å². The van der Waals surface area contributed by atoms with E-state index >= 15 is 0 Å². The average Bonchev–Trinajstić information content (AvgIpc) is 2.26. The summed E-state index contributed by atoms with van der Waals surface area (Å²) in [6, 6.07) is 4.44. The first-order chi connectivity index (χ1) is 7.91. The van der Waals surface area contributed by atoms with E-state index in [0.717, 1.165) is 0 Å². The van der Waals surface area contributed by atoms with Gasteiger partial charge in [-0.3, -0.25) is 4.21 Å². The van der Waals surface area contributed by atoms with Gasteiger partial charge in [0.1, 0.15) is 0 Å². The van der Waals surface area contributed by atoms with Crippen LogP contribution in [-0.2, 0) is 10.8 Å². The monoisotopic (exact) mass is 275 g/mol. The van der Waals surface area contributed by atoms with E-state index in [9.17, 15) is 9.00 Å². The quantitative estimate of drug-likeness (QED) is 0.889. The van der Waals surface area contributed by atoms with Crippen molar-refractivity contribution in [3.05, 3.63) is 28.8 Å². The van der Waals surface area contributed by atoms with Crippen molar-refractivity contribution >= 4 is 28.4 Å². The highest BCUT2D eigenvalue weighted by Gasteiger charge is 2.12. The smallest absolute Gasteiger partial charge is 0.337 e. The van der Waals surface area contributed by atoms with Crippen molar-refractivity contribution in [3.63, 3.8) is 0 Å². The van der Waals surface area contributed by atoms with Crippen LogP contribution in [-0.4, -0.2) is 46.6 Å². The van der Waals surface area contributed by atoms with Crippen LogP contribution in [0.1, 0.15) is 10.4 Å².